The largest absolute Gasteiger partial charge is 0.463 e. The monoisotopic (exact) mass is 312 g/mol. The maximum atomic E-state index is 11.3. The minimum atomic E-state index is -1.34. The summed E-state index contributed by atoms with van der Waals surface area (Å²) < 4.78 is 11.0. The Kier molecular flexibility index (Phi) is 5.19. The van der Waals surface area contributed by atoms with Gasteiger partial charge < -0.3 is 35.8 Å². The molecule has 1 fully saturated rings. The highest BCUT2D eigenvalue weighted by Gasteiger charge is 2.46. The van der Waals surface area contributed by atoms with Crippen LogP contribution in [0.15, 0.2) is 24.3 Å². The van der Waals surface area contributed by atoms with Crippen molar-refractivity contribution in [1.82, 2.24) is 5.32 Å². The molecule has 0 bridgehead atoms. The van der Waals surface area contributed by atoms with E-state index in [0.29, 0.717) is 11.4 Å². The van der Waals surface area contributed by atoms with Crippen molar-refractivity contribution in [2.45, 2.75) is 37.6 Å². The van der Waals surface area contributed by atoms with Gasteiger partial charge in [-0.05, 0) is 24.3 Å². The van der Waals surface area contributed by atoms with Gasteiger partial charge in [0, 0.05) is 12.6 Å². The van der Waals surface area contributed by atoms with E-state index < -0.39 is 43.2 Å². The molecule has 0 aliphatic carbocycles. The van der Waals surface area contributed by atoms with Gasteiger partial charge in [0.1, 0.15) is 30.1 Å². The molecule has 0 aromatic heterocycles. The minimum Gasteiger partial charge on any atom is -0.463 e. The molecule has 1 aliphatic heterocycles. The van der Waals surface area contributed by atoms with Crippen molar-refractivity contribution < 1.29 is 29.6 Å². The maximum Gasteiger partial charge on any atom is 0.223 e. The van der Waals surface area contributed by atoms with Gasteiger partial charge in [0.15, 0.2) is 0 Å². The first-order valence-electron chi connectivity index (χ1n) is 6.84. The van der Waals surface area contributed by atoms with Crippen molar-refractivity contribution in [3.8, 4) is 5.75 Å². The van der Waals surface area contributed by atoms with Gasteiger partial charge in [0.25, 0.3) is 0 Å². The van der Waals surface area contributed by atoms with Crippen LogP contribution in [-0.4, -0.2) is 58.5 Å². The Morgan fingerprint density at radius 1 is 1.32 bits per heavy atom. The average Bonchev–Trinajstić information content (AvgIpc) is 2.48. The summed E-state index contributed by atoms with van der Waals surface area (Å²) in [6.45, 7) is 0.782. The zero-order chi connectivity index (χ0) is 16.3. The molecule has 1 aliphatic rings. The lowest BCUT2D eigenvalue weighted by atomic mass is 9.97. The topological polar surface area (TPSA) is 134 Å². The maximum absolute atomic E-state index is 11.3. The number of rotatable bonds is 4. The Bertz CT molecular complexity index is 509. The van der Waals surface area contributed by atoms with E-state index in [1.54, 1.807) is 24.3 Å². The summed E-state index contributed by atoms with van der Waals surface area (Å²) >= 11 is 0. The van der Waals surface area contributed by atoms with Gasteiger partial charge in [-0.25, -0.2) is 0 Å². The van der Waals surface area contributed by atoms with Crippen LogP contribution in [-0.2, 0) is 9.53 Å². The predicted octanol–water partition coefficient (Wildman–Crippen LogP) is -1.41. The zero-order valence-electron chi connectivity index (χ0n) is 12.0. The van der Waals surface area contributed by atoms with Crippen LogP contribution < -0.4 is 15.8 Å². The standard InChI is InChI=1S/C14H20N2O6/c1-7(18)16-11-13(20)12(19)10(6-17)22-14(11)21-9-4-2-8(15)3-5-9/h2-5,10-14,17,19-20H,6,15H2,1H3,(H,16,18)/t10?,11-,12-,13+,14+/m0/s1. The van der Waals surface area contributed by atoms with E-state index in [0.717, 1.165) is 0 Å². The Morgan fingerprint density at radius 2 is 1.95 bits per heavy atom. The van der Waals surface area contributed by atoms with Crippen LogP contribution in [0.1, 0.15) is 6.92 Å². The summed E-state index contributed by atoms with van der Waals surface area (Å²) in [5, 5.41) is 31.7. The number of nitrogens with one attached hydrogen (secondary N) is 1. The summed E-state index contributed by atoms with van der Waals surface area (Å²) in [5.74, 6) is 0.00281. The molecule has 5 atom stereocenters. The lowest BCUT2D eigenvalue weighted by Gasteiger charge is -2.42. The number of aliphatic hydroxyl groups is 3. The number of aliphatic hydroxyl groups excluding tert-OH is 3. The first kappa shape index (κ1) is 16.5. The van der Waals surface area contributed by atoms with E-state index in [-0.39, 0.29) is 0 Å². The van der Waals surface area contributed by atoms with Crippen LogP contribution in [0.2, 0.25) is 0 Å². The molecule has 1 aromatic carbocycles. The number of benzene rings is 1. The molecule has 6 N–H and O–H groups in total. The van der Waals surface area contributed by atoms with E-state index in [1.807, 2.05) is 0 Å². The third-order valence-electron chi connectivity index (χ3n) is 3.38. The molecular weight excluding hydrogens is 292 g/mol. The van der Waals surface area contributed by atoms with Gasteiger partial charge >= 0.3 is 0 Å². The Morgan fingerprint density at radius 3 is 2.50 bits per heavy atom. The average molecular weight is 312 g/mol. The van der Waals surface area contributed by atoms with Crippen molar-refractivity contribution in [1.29, 1.82) is 0 Å². The number of hydrogen-bond donors (Lipinski definition) is 5. The Labute approximate surface area is 127 Å². The second-order valence-electron chi connectivity index (χ2n) is 5.12. The van der Waals surface area contributed by atoms with E-state index in [9.17, 15) is 20.1 Å². The van der Waals surface area contributed by atoms with E-state index in [1.165, 1.54) is 6.92 Å². The summed E-state index contributed by atoms with van der Waals surface area (Å²) in [4.78, 5) is 11.3. The van der Waals surface area contributed by atoms with Crippen LogP contribution in [0.4, 0.5) is 5.69 Å². The first-order valence-corrected chi connectivity index (χ1v) is 6.84. The van der Waals surface area contributed by atoms with Crippen LogP contribution in [0.25, 0.3) is 0 Å². The molecule has 8 nitrogen and oxygen atoms in total. The number of anilines is 1. The van der Waals surface area contributed by atoms with Gasteiger partial charge in [-0.1, -0.05) is 0 Å². The van der Waals surface area contributed by atoms with Gasteiger partial charge in [0.05, 0.1) is 6.61 Å². The van der Waals surface area contributed by atoms with Crippen molar-refractivity contribution in [2.24, 2.45) is 0 Å². The molecule has 122 valence electrons. The molecule has 22 heavy (non-hydrogen) atoms. The van der Waals surface area contributed by atoms with Gasteiger partial charge in [-0.3, -0.25) is 4.79 Å². The van der Waals surface area contributed by atoms with Gasteiger partial charge in [-0.2, -0.15) is 0 Å². The highest BCUT2D eigenvalue weighted by Crippen LogP contribution is 2.24. The quantitative estimate of drug-likeness (QED) is 0.431. The summed E-state index contributed by atoms with van der Waals surface area (Å²) in [5.41, 5.74) is 6.14. The fourth-order valence-electron chi connectivity index (χ4n) is 2.25. The van der Waals surface area contributed by atoms with Crippen LogP contribution in [0.3, 0.4) is 0 Å². The number of nitrogens with two attached hydrogens (primary N) is 1. The normalized spacial score (nSPS) is 31.5. The number of hydrogen-bond acceptors (Lipinski definition) is 7. The molecule has 1 saturated heterocycles. The molecular formula is C14H20N2O6. The molecule has 1 unspecified atom stereocenters. The lowest BCUT2D eigenvalue weighted by molar-refractivity contribution is -0.244. The number of amides is 1. The molecule has 0 spiro atoms. The van der Waals surface area contributed by atoms with E-state index in [2.05, 4.69) is 5.32 Å². The van der Waals surface area contributed by atoms with Crippen LogP contribution in [0, 0.1) is 0 Å². The second kappa shape index (κ2) is 6.93. The van der Waals surface area contributed by atoms with Crippen molar-refractivity contribution in [3.05, 3.63) is 24.3 Å². The lowest BCUT2D eigenvalue weighted by Crippen LogP contribution is -2.65. The fourth-order valence-corrected chi connectivity index (χ4v) is 2.25. The molecule has 1 aromatic rings. The molecule has 0 saturated carbocycles. The van der Waals surface area contributed by atoms with Crippen molar-refractivity contribution >= 4 is 11.6 Å². The SMILES string of the molecule is CC(=O)N[C@@H]1[C@H](Oc2ccc(N)cc2)OC(CO)[C@H](O)[C@@H]1O. The highest BCUT2D eigenvalue weighted by molar-refractivity contribution is 5.73. The molecule has 0 radical (unpaired) electrons. The Balaban J connectivity index is 2.18. The minimum absolute atomic E-state index is 0.409. The number of nitrogen functional groups attached to an aromatic ring is 1. The predicted molar refractivity (Wildman–Crippen MR) is 76.8 cm³/mol. The highest BCUT2D eigenvalue weighted by atomic mass is 16.7. The van der Waals surface area contributed by atoms with E-state index in [4.69, 9.17) is 15.2 Å². The number of carbonyl (C=O) groups is 1. The number of carbonyl (C=O) groups excluding carboxylic acids is 1. The fraction of sp³-hybridized carbons (Fsp3) is 0.500. The van der Waals surface area contributed by atoms with Crippen LogP contribution in [0.5, 0.6) is 5.75 Å². The third kappa shape index (κ3) is 3.66. The molecule has 2 rings (SSSR count). The van der Waals surface area contributed by atoms with Gasteiger partial charge in [-0.15, -0.1) is 0 Å². The van der Waals surface area contributed by atoms with Crippen molar-refractivity contribution in [3.63, 3.8) is 0 Å². The molecule has 8 heteroatoms. The summed E-state index contributed by atoms with van der Waals surface area (Å²) in [6.07, 6.45) is -4.76. The molecule has 1 heterocycles. The third-order valence-corrected chi connectivity index (χ3v) is 3.38. The smallest absolute Gasteiger partial charge is 0.223 e. The molecule has 1 amide bonds. The number of ether oxygens (including phenoxy) is 2. The van der Waals surface area contributed by atoms with Crippen LogP contribution >= 0.6 is 0 Å². The zero-order valence-corrected chi connectivity index (χ0v) is 12.0. The Hall–Kier alpha value is -1.87. The summed E-state index contributed by atoms with van der Waals surface area (Å²) in [7, 11) is 0. The second-order valence-corrected chi connectivity index (χ2v) is 5.12. The van der Waals surface area contributed by atoms with E-state index >= 15 is 0 Å². The first-order chi connectivity index (χ1) is 10.4. The summed E-state index contributed by atoms with van der Waals surface area (Å²) in [6, 6.07) is 5.48. The van der Waals surface area contributed by atoms with Gasteiger partial charge in [0.2, 0.25) is 12.2 Å². The van der Waals surface area contributed by atoms with Crippen molar-refractivity contribution in [2.75, 3.05) is 12.3 Å².